The molecule has 6 nitrogen and oxygen atoms in total. The standard InChI is InChI=1S/C44H40N4O2/c1-43(2,3)28-22-23-45-39(24-28)48-33-18-9-7-16-31(33)40-36(48)26-38(41-32-17-8-12-21-37(32)50-42(40)41)49-30-15-13-14-29(25-30)46-27-47(44(4,5)6)35-20-11-10-19-34(35)46/h7-26H,27H2,1-6H3. The SMILES string of the molecule is CC(C)(C)c1ccnc(-n2c3ccccc3c3c4oc5ccccc5c4c(Oc4cccc(N5CN(C(C)(C)C)c6ccccc65)c4)cc32)c1. The highest BCUT2D eigenvalue weighted by atomic mass is 16.5. The van der Waals surface area contributed by atoms with Gasteiger partial charge in [-0.3, -0.25) is 4.57 Å². The molecule has 9 rings (SSSR count). The first-order chi connectivity index (χ1) is 24.1. The van der Waals surface area contributed by atoms with Gasteiger partial charge in [-0.25, -0.2) is 4.98 Å². The van der Waals surface area contributed by atoms with E-state index in [1.807, 2.05) is 24.4 Å². The van der Waals surface area contributed by atoms with E-state index in [4.69, 9.17) is 14.1 Å². The second kappa shape index (κ2) is 10.9. The molecule has 0 unspecified atom stereocenters. The van der Waals surface area contributed by atoms with E-state index in [1.165, 1.54) is 16.9 Å². The average Bonchev–Trinajstić information content (AvgIpc) is 3.78. The molecule has 1 aliphatic heterocycles. The number of ether oxygens (including phenoxy) is 1. The molecule has 0 saturated heterocycles. The average molecular weight is 657 g/mol. The number of furan rings is 1. The zero-order valence-electron chi connectivity index (χ0n) is 29.4. The van der Waals surface area contributed by atoms with Gasteiger partial charge in [-0.2, -0.15) is 0 Å². The van der Waals surface area contributed by atoms with E-state index in [9.17, 15) is 0 Å². The number of hydrogen-bond acceptors (Lipinski definition) is 5. The molecule has 0 N–H and O–H groups in total. The Morgan fingerprint density at radius 3 is 2.22 bits per heavy atom. The van der Waals surface area contributed by atoms with Crippen LogP contribution in [0, 0.1) is 0 Å². The van der Waals surface area contributed by atoms with Crippen molar-refractivity contribution in [3.05, 3.63) is 127 Å². The number of rotatable bonds is 4. The summed E-state index contributed by atoms with van der Waals surface area (Å²) >= 11 is 0. The van der Waals surface area contributed by atoms with Crippen LogP contribution in [0.4, 0.5) is 17.1 Å². The Hall–Kier alpha value is -5.75. The Bertz CT molecular complexity index is 2600. The molecule has 6 heteroatoms. The molecule has 0 aliphatic carbocycles. The van der Waals surface area contributed by atoms with E-state index in [0.717, 1.165) is 73.4 Å². The van der Waals surface area contributed by atoms with Crippen LogP contribution >= 0.6 is 0 Å². The fourth-order valence-corrected chi connectivity index (χ4v) is 7.48. The Labute approximate surface area is 292 Å². The molecular formula is C44H40N4O2. The third-order valence-corrected chi connectivity index (χ3v) is 10.0. The summed E-state index contributed by atoms with van der Waals surface area (Å²) < 4.78 is 16.0. The molecule has 3 aromatic heterocycles. The molecule has 0 amide bonds. The lowest BCUT2D eigenvalue weighted by Crippen LogP contribution is -2.42. The number of pyridine rings is 1. The van der Waals surface area contributed by atoms with Crippen molar-refractivity contribution in [2.45, 2.75) is 52.5 Å². The van der Waals surface area contributed by atoms with Crippen LogP contribution in [0.2, 0.25) is 0 Å². The summed E-state index contributed by atoms with van der Waals surface area (Å²) in [5, 5.41) is 4.14. The molecule has 0 fully saturated rings. The molecular weight excluding hydrogens is 617 g/mol. The molecule has 5 aromatic carbocycles. The molecule has 0 radical (unpaired) electrons. The van der Waals surface area contributed by atoms with Crippen LogP contribution in [0.25, 0.3) is 49.6 Å². The third kappa shape index (κ3) is 4.73. The van der Waals surface area contributed by atoms with Gasteiger partial charge in [-0.1, -0.05) is 75.4 Å². The third-order valence-electron chi connectivity index (χ3n) is 10.0. The second-order valence-corrected chi connectivity index (χ2v) is 15.3. The lowest BCUT2D eigenvalue weighted by molar-refractivity contribution is 0.488. The number of para-hydroxylation sites is 4. The predicted molar refractivity (Wildman–Crippen MR) is 207 cm³/mol. The van der Waals surface area contributed by atoms with Gasteiger partial charge in [0.2, 0.25) is 0 Å². The van der Waals surface area contributed by atoms with Crippen molar-refractivity contribution >= 4 is 60.8 Å². The van der Waals surface area contributed by atoms with Crippen LogP contribution < -0.4 is 14.5 Å². The molecule has 50 heavy (non-hydrogen) atoms. The van der Waals surface area contributed by atoms with Gasteiger partial charge >= 0.3 is 0 Å². The fourth-order valence-electron chi connectivity index (χ4n) is 7.48. The Morgan fingerprint density at radius 1 is 0.680 bits per heavy atom. The van der Waals surface area contributed by atoms with E-state index < -0.39 is 0 Å². The van der Waals surface area contributed by atoms with Crippen molar-refractivity contribution in [1.82, 2.24) is 9.55 Å². The minimum absolute atomic E-state index is 0.0258. The van der Waals surface area contributed by atoms with Crippen molar-refractivity contribution < 1.29 is 9.15 Å². The van der Waals surface area contributed by atoms with Crippen LogP contribution in [0.3, 0.4) is 0 Å². The highest BCUT2D eigenvalue weighted by Gasteiger charge is 2.33. The van der Waals surface area contributed by atoms with Crippen LogP contribution in [0.5, 0.6) is 11.5 Å². The van der Waals surface area contributed by atoms with Crippen molar-refractivity contribution in [3.63, 3.8) is 0 Å². The monoisotopic (exact) mass is 656 g/mol. The molecule has 4 heterocycles. The normalized spacial score (nSPS) is 13.6. The van der Waals surface area contributed by atoms with Crippen molar-refractivity contribution in [3.8, 4) is 17.3 Å². The van der Waals surface area contributed by atoms with Gasteiger partial charge in [-0.05, 0) is 80.3 Å². The first-order valence-corrected chi connectivity index (χ1v) is 17.3. The van der Waals surface area contributed by atoms with E-state index in [-0.39, 0.29) is 11.0 Å². The van der Waals surface area contributed by atoms with E-state index in [2.05, 4.69) is 153 Å². The number of aromatic nitrogens is 2. The minimum Gasteiger partial charge on any atom is -0.456 e. The maximum atomic E-state index is 6.98. The molecule has 8 aromatic rings. The second-order valence-electron chi connectivity index (χ2n) is 15.3. The van der Waals surface area contributed by atoms with Gasteiger partial charge in [0.15, 0.2) is 0 Å². The van der Waals surface area contributed by atoms with Crippen LogP contribution in [-0.4, -0.2) is 21.8 Å². The lowest BCUT2D eigenvalue weighted by atomic mass is 9.88. The van der Waals surface area contributed by atoms with Crippen molar-refractivity contribution in [2.24, 2.45) is 0 Å². The van der Waals surface area contributed by atoms with Crippen molar-refractivity contribution in [1.29, 1.82) is 0 Å². The van der Waals surface area contributed by atoms with Gasteiger partial charge in [0, 0.05) is 40.3 Å². The highest BCUT2D eigenvalue weighted by molar-refractivity contribution is 6.25. The number of fused-ring (bicyclic) bond motifs is 8. The smallest absolute Gasteiger partial charge is 0.149 e. The lowest BCUT2D eigenvalue weighted by Gasteiger charge is -2.34. The molecule has 1 aliphatic rings. The van der Waals surface area contributed by atoms with Gasteiger partial charge in [0.05, 0.1) is 39.8 Å². The zero-order valence-corrected chi connectivity index (χ0v) is 29.4. The Morgan fingerprint density at radius 2 is 1.42 bits per heavy atom. The summed E-state index contributed by atoms with van der Waals surface area (Å²) in [4.78, 5) is 9.73. The summed E-state index contributed by atoms with van der Waals surface area (Å²) in [5.41, 5.74) is 8.37. The number of benzene rings is 5. The summed E-state index contributed by atoms with van der Waals surface area (Å²) in [6.45, 7) is 14.2. The number of hydrogen-bond donors (Lipinski definition) is 0. The van der Waals surface area contributed by atoms with Crippen LogP contribution in [-0.2, 0) is 5.41 Å². The summed E-state index contributed by atoms with van der Waals surface area (Å²) in [6, 6.07) is 40.3. The van der Waals surface area contributed by atoms with E-state index >= 15 is 0 Å². The van der Waals surface area contributed by atoms with Crippen LogP contribution in [0.1, 0.15) is 47.1 Å². The summed E-state index contributed by atoms with van der Waals surface area (Å²) in [5.74, 6) is 2.36. The van der Waals surface area contributed by atoms with Crippen LogP contribution in [0.15, 0.2) is 126 Å². The maximum Gasteiger partial charge on any atom is 0.149 e. The minimum atomic E-state index is -0.0263. The fraction of sp³-hybridized carbons (Fsp3) is 0.205. The summed E-state index contributed by atoms with van der Waals surface area (Å²) in [7, 11) is 0. The first-order valence-electron chi connectivity index (χ1n) is 17.3. The van der Waals surface area contributed by atoms with Gasteiger partial charge in [-0.15, -0.1) is 0 Å². The topological polar surface area (TPSA) is 46.7 Å². The molecule has 248 valence electrons. The Balaban J connectivity index is 1.25. The molecule has 0 bridgehead atoms. The van der Waals surface area contributed by atoms with Gasteiger partial charge < -0.3 is 19.0 Å². The highest BCUT2D eigenvalue weighted by Crippen LogP contribution is 2.48. The molecule has 0 saturated carbocycles. The molecule has 0 atom stereocenters. The summed E-state index contributed by atoms with van der Waals surface area (Å²) in [6.07, 6.45) is 1.91. The first kappa shape index (κ1) is 30.3. The number of anilines is 3. The van der Waals surface area contributed by atoms with Crippen molar-refractivity contribution in [2.75, 3.05) is 16.5 Å². The predicted octanol–water partition coefficient (Wildman–Crippen LogP) is 11.9. The van der Waals surface area contributed by atoms with E-state index in [1.54, 1.807) is 0 Å². The zero-order chi connectivity index (χ0) is 34.4. The Kier molecular flexibility index (Phi) is 6.60. The van der Waals surface area contributed by atoms with E-state index in [0.29, 0.717) is 0 Å². The quantitative estimate of drug-likeness (QED) is 0.189. The van der Waals surface area contributed by atoms with Gasteiger partial charge in [0.25, 0.3) is 0 Å². The number of nitrogens with zero attached hydrogens (tertiary/aromatic N) is 4. The maximum absolute atomic E-state index is 6.98. The largest absolute Gasteiger partial charge is 0.456 e. The van der Waals surface area contributed by atoms with Gasteiger partial charge in [0.1, 0.15) is 28.5 Å². The molecule has 0 spiro atoms.